The number of hydrogen-bond acceptors (Lipinski definition) is 2. The Balaban J connectivity index is 2.20. The van der Waals surface area contributed by atoms with Gasteiger partial charge in [-0.25, -0.2) is 0 Å². The van der Waals surface area contributed by atoms with Gasteiger partial charge in [0.2, 0.25) is 0 Å². The highest BCUT2D eigenvalue weighted by Gasteiger charge is 2.12. The Morgan fingerprint density at radius 1 is 1.21 bits per heavy atom. The van der Waals surface area contributed by atoms with E-state index in [-0.39, 0.29) is 0 Å². The molecular formula is C17H25NO. The van der Waals surface area contributed by atoms with E-state index in [1.807, 2.05) is 0 Å². The molecule has 0 aliphatic rings. The molecule has 0 spiro atoms. The Labute approximate surface area is 116 Å². The zero-order chi connectivity index (χ0) is 13.8. The van der Waals surface area contributed by atoms with Crippen molar-refractivity contribution in [2.45, 2.75) is 46.6 Å². The molecule has 0 bridgehead atoms. The van der Waals surface area contributed by atoms with Crippen LogP contribution in [0.15, 0.2) is 28.7 Å². The molecule has 1 aromatic heterocycles. The third kappa shape index (κ3) is 3.38. The molecule has 1 N–H and O–H groups in total. The molecule has 0 saturated heterocycles. The minimum atomic E-state index is 0.548. The van der Waals surface area contributed by atoms with E-state index in [1.54, 1.807) is 0 Å². The average Bonchev–Trinajstić information content (AvgIpc) is 2.79. The molecule has 0 amide bonds. The van der Waals surface area contributed by atoms with Crippen LogP contribution in [0.3, 0.4) is 0 Å². The van der Waals surface area contributed by atoms with Crippen molar-refractivity contribution in [3.05, 3.63) is 35.6 Å². The number of hydrogen-bond donors (Lipinski definition) is 1. The lowest BCUT2D eigenvalue weighted by Gasteiger charge is -2.09. The Morgan fingerprint density at radius 3 is 2.68 bits per heavy atom. The number of para-hydroxylation sites is 1. The highest BCUT2D eigenvalue weighted by molar-refractivity contribution is 5.81. The van der Waals surface area contributed by atoms with Crippen molar-refractivity contribution in [2.24, 2.45) is 5.92 Å². The average molecular weight is 259 g/mol. The van der Waals surface area contributed by atoms with Gasteiger partial charge in [0, 0.05) is 5.39 Å². The zero-order valence-electron chi connectivity index (χ0n) is 12.5. The second kappa shape index (κ2) is 6.25. The molecule has 1 aromatic carbocycles. The highest BCUT2D eigenvalue weighted by atomic mass is 16.3. The van der Waals surface area contributed by atoms with E-state index in [0.717, 1.165) is 30.9 Å². The topological polar surface area (TPSA) is 25.2 Å². The first-order valence-corrected chi connectivity index (χ1v) is 7.33. The lowest BCUT2D eigenvalue weighted by Crippen LogP contribution is -2.18. The largest absolute Gasteiger partial charge is 0.459 e. The van der Waals surface area contributed by atoms with Crippen molar-refractivity contribution in [3.63, 3.8) is 0 Å². The predicted molar refractivity (Wildman–Crippen MR) is 81.5 cm³/mol. The Hall–Kier alpha value is -1.28. The highest BCUT2D eigenvalue weighted by Crippen LogP contribution is 2.29. The fraction of sp³-hybridized carbons (Fsp3) is 0.529. The van der Waals surface area contributed by atoms with Crippen molar-refractivity contribution >= 4 is 11.0 Å². The molecule has 2 rings (SSSR count). The second-order valence-corrected chi connectivity index (χ2v) is 5.81. The van der Waals surface area contributed by atoms with Gasteiger partial charge in [0.15, 0.2) is 0 Å². The first-order valence-electron chi connectivity index (χ1n) is 7.33. The first-order chi connectivity index (χ1) is 9.11. The fourth-order valence-electron chi connectivity index (χ4n) is 2.32. The second-order valence-electron chi connectivity index (χ2n) is 5.81. The standard InChI is InChI=1S/C17H25NO/c1-5-13(4)16-8-6-7-14-9-15(19-17(14)16)11-18-10-12(2)3/h6-9,12-13,18H,5,10-11H2,1-4H3. The molecule has 2 aromatic rings. The zero-order valence-corrected chi connectivity index (χ0v) is 12.5. The Morgan fingerprint density at radius 2 is 2.00 bits per heavy atom. The molecule has 2 heteroatoms. The number of benzene rings is 1. The van der Waals surface area contributed by atoms with Gasteiger partial charge in [-0.2, -0.15) is 0 Å². The quantitative estimate of drug-likeness (QED) is 0.814. The van der Waals surface area contributed by atoms with E-state index in [1.165, 1.54) is 10.9 Å². The summed E-state index contributed by atoms with van der Waals surface area (Å²) >= 11 is 0. The summed E-state index contributed by atoms with van der Waals surface area (Å²) in [4.78, 5) is 0. The van der Waals surface area contributed by atoms with Crippen LogP contribution in [0.2, 0.25) is 0 Å². The molecular weight excluding hydrogens is 234 g/mol. The van der Waals surface area contributed by atoms with E-state index < -0.39 is 0 Å². The number of furan rings is 1. The summed E-state index contributed by atoms with van der Waals surface area (Å²) in [6, 6.07) is 8.61. The van der Waals surface area contributed by atoms with E-state index in [0.29, 0.717) is 11.8 Å². The van der Waals surface area contributed by atoms with E-state index in [4.69, 9.17) is 4.42 Å². The van der Waals surface area contributed by atoms with Crippen molar-refractivity contribution in [3.8, 4) is 0 Å². The van der Waals surface area contributed by atoms with Crippen LogP contribution in [0.5, 0.6) is 0 Å². The van der Waals surface area contributed by atoms with Gasteiger partial charge in [0.05, 0.1) is 6.54 Å². The monoisotopic (exact) mass is 259 g/mol. The molecule has 0 fully saturated rings. The van der Waals surface area contributed by atoms with Gasteiger partial charge in [0.25, 0.3) is 0 Å². The maximum absolute atomic E-state index is 6.04. The Bertz CT molecular complexity index is 527. The third-order valence-corrected chi connectivity index (χ3v) is 3.62. The molecule has 2 nitrogen and oxygen atoms in total. The van der Waals surface area contributed by atoms with E-state index in [2.05, 4.69) is 57.3 Å². The molecule has 0 radical (unpaired) electrons. The van der Waals surface area contributed by atoms with Crippen LogP contribution in [0.25, 0.3) is 11.0 Å². The van der Waals surface area contributed by atoms with Crippen LogP contribution in [0.4, 0.5) is 0 Å². The van der Waals surface area contributed by atoms with Gasteiger partial charge >= 0.3 is 0 Å². The molecule has 0 aliphatic heterocycles. The summed E-state index contributed by atoms with van der Waals surface area (Å²) in [5.41, 5.74) is 2.40. The van der Waals surface area contributed by atoms with Crippen molar-refractivity contribution < 1.29 is 4.42 Å². The van der Waals surface area contributed by atoms with Crippen LogP contribution in [0.1, 0.15) is 51.4 Å². The smallest absolute Gasteiger partial charge is 0.137 e. The lowest BCUT2D eigenvalue weighted by molar-refractivity contribution is 0.482. The maximum atomic E-state index is 6.04. The van der Waals surface area contributed by atoms with Gasteiger partial charge in [-0.15, -0.1) is 0 Å². The van der Waals surface area contributed by atoms with Gasteiger partial charge in [-0.3, -0.25) is 0 Å². The fourth-order valence-corrected chi connectivity index (χ4v) is 2.32. The Kier molecular flexibility index (Phi) is 4.65. The van der Waals surface area contributed by atoms with Crippen LogP contribution >= 0.6 is 0 Å². The summed E-state index contributed by atoms with van der Waals surface area (Å²) in [5, 5.41) is 4.65. The first kappa shape index (κ1) is 14.1. The van der Waals surface area contributed by atoms with Gasteiger partial charge < -0.3 is 9.73 Å². The summed E-state index contributed by atoms with van der Waals surface area (Å²) < 4.78 is 6.04. The van der Waals surface area contributed by atoms with Crippen molar-refractivity contribution in [1.29, 1.82) is 0 Å². The molecule has 1 atom stereocenters. The van der Waals surface area contributed by atoms with E-state index in [9.17, 15) is 0 Å². The molecule has 104 valence electrons. The summed E-state index contributed by atoms with van der Waals surface area (Å²) in [5.74, 6) is 2.25. The predicted octanol–water partition coefficient (Wildman–Crippen LogP) is 4.69. The van der Waals surface area contributed by atoms with Gasteiger partial charge in [-0.1, -0.05) is 45.9 Å². The van der Waals surface area contributed by atoms with Gasteiger partial charge in [0.1, 0.15) is 11.3 Å². The number of nitrogens with one attached hydrogen (secondary N) is 1. The summed E-state index contributed by atoms with van der Waals surface area (Å²) in [6.45, 7) is 10.7. The van der Waals surface area contributed by atoms with Crippen LogP contribution in [-0.4, -0.2) is 6.54 Å². The van der Waals surface area contributed by atoms with Crippen LogP contribution in [-0.2, 0) is 6.54 Å². The molecule has 19 heavy (non-hydrogen) atoms. The SMILES string of the molecule is CCC(C)c1cccc2cc(CNCC(C)C)oc12. The number of fused-ring (bicyclic) bond motifs is 1. The molecule has 0 saturated carbocycles. The third-order valence-electron chi connectivity index (χ3n) is 3.62. The molecule has 1 heterocycles. The minimum Gasteiger partial charge on any atom is -0.459 e. The van der Waals surface area contributed by atoms with E-state index >= 15 is 0 Å². The maximum Gasteiger partial charge on any atom is 0.137 e. The lowest BCUT2D eigenvalue weighted by atomic mass is 9.97. The van der Waals surface area contributed by atoms with Crippen LogP contribution < -0.4 is 5.32 Å². The summed E-state index contributed by atoms with van der Waals surface area (Å²) in [7, 11) is 0. The normalized spacial score (nSPS) is 13.3. The number of rotatable bonds is 6. The summed E-state index contributed by atoms with van der Waals surface area (Å²) in [6.07, 6.45) is 1.14. The molecule has 0 aliphatic carbocycles. The minimum absolute atomic E-state index is 0.548. The van der Waals surface area contributed by atoms with Crippen LogP contribution in [0, 0.1) is 5.92 Å². The molecule has 1 unspecified atom stereocenters. The van der Waals surface area contributed by atoms with Crippen molar-refractivity contribution in [2.75, 3.05) is 6.54 Å². The van der Waals surface area contributed by atoms with Gasteiger partial charge in [-0.05, 0) is 36.4 Å². The van der Waals surface area contributed by atoms with Crippen molar-refractivity contribution in [1.82, 2.24) is 5.32 Å².